The summed E-state index contributed by atoms with van der Waals surface area (Å²) < 4.78 is 46.5. The Kier molecular flexibility index (Phi) is 4.78. The quantitative estimate of drug-likeness (QED) is 0.493. The molecule has 2 N–H and O–H groups in total. The number of aryl methyl sites for hydroxylation is 1. The van der Waals surface area contributed by atoms with Crippen molar-refractivity contribution in [2.75, 3.05) is 19.4 Å². The van der Waals surface area contributed by atoms with Crippen molar-refractivity contribution in [3.8, 4) is 0 Å². The summed E-state index contributed by atoms with van der Waals surface area (Å²) in [5.74, 6) is 0.0707. The molecular weight excluding hydrogens is 435 g/mol. The van der Waals surface area contributed by atoms with Crippen molar-refractivity contribution in [3.63, 3.8) is 0 Å². The Hall–Kier alpha value is -3.66. The number of alkyl halides is 3. The number of likely N-dealkylation sites (N-methyl/N-ethyl adjacent to an activating group) is 1. The largest absolute Gasteiger partial charge is 0.416 e. The molecule has 170 valence electrons. The lowest BCUT2D eigenvalue weighted by Crippen LogP contribution is -2.36. The smallest absolute Gasteiger partial charge is 0.383 e. The summed E-state index contributed by atoms with van der Waals surface area (Å²) in [6, 6.07) is 8.17. The number of benzene rings is 2. The van der Waals surface area contributed by atoms with Gasteiger partial charge in [-0.25, -0.2) is 4.98 Å². The van der Waals surface area contributed by atoms with Crippen LogP contribution in [0.25, 0.3) is 21.8 Å². The number of carbonyl (C=O) groups excluding carboxylic acids is 1. The number of nitrogens with two attached hydrogens (primary N) is 1. The minimum atomic E-state index is -4.44. The van der Waals surface area contributed by atoms with Gasteiger partial charge in [0, 0.05) is 25.0 Å². The molecule has 1 atom stereocenters. The van der Waals surface area contributed by atoms with Crippen LogP contribution in [0.2, 0.25) is 0 Å². The Labute approximate surface area is 186 Å². The zero-order valence-electron chi connectivity index (χ0n) is 17.8. The van der Waals surface area contributed by atoms with Gasteiger partial charge in [0.15, 0.2) is 0 Å². The molecule has 0 saturated heterocycles. The molecule has 10 heteroatoms. The molecule has 1 aliphatic heterocycles. The normalized spacial score (nSPS) is 16.2. The molecule has 2 aromatic carbocycles. The van der Waals surface area contributed by atoms with Crippen LogP contribution in [0.15, 0.2) is 42.6 Å². The second-order valence-electron chi connectivity index (χ2n) is 8.12. The standard InChI is InChI=1S/C23H20F3N5O2/c1-30(19-11-33-10-13-7-14(23(24,25)26)4-5-15(13)19)22(32)12-3-6-18-16(8-12)20-17(21(27)29-18)9-28-31(20)2/h3-9,19H,10-11H2,1-2H3,(H2,27,29)/t19-/m1/s1. The summed E-state index contributed by atoms with van der Waals surface area (Å²) in [6.07, 6.45) is -2.81. The molecule has 0 radical (unpaired) electrons. The van der Waals surface area contributed by atoms with Crippen LogP contribution < -0.4 is 5.73 Å². The molecule has 3 heterocycles. The van der Waals surface area contributed by atoms with Gasteiger partial charge in [0.25, 0.3) is 5.91 Å². The first-order chi connectivity index (χ1) is 15.6. The number of carbonyl (C=O) groups is 1. The first kappa shape index (κ1) is 21.2. The third kappa shape index (κ3) is 3.46. The molecule has 7 nitrogen and oxygen atoms in total. The molecule has 5 rings (SSSR count). The highest BCUT2D eigenvalue weighted by atomic mass is 19.4. The van der Waals surface area contributed by atoms with Crippen LogP contribution in [0.1, 0.15) is 33.1 Å². The number of halogens is 3. The molecule has 4 aromatic rings. The van der Waals surface area contributed by atoms with Gasteiger partial charge in [0.2, 0.25) is 0 Å². The molecule has 1 amide bonds. The number of aromatic nitrogens is 3. The predicted molar refractivity (Wildman–Crippen MR) is 116 cm³/mol. The number of pyridine rings is 1. The molecular formula is C23H20F3N5O2. The number of hydrogen-bond acceptors (Lipinski definition) is 5. The summed E-state index contributed by atoms with van der Waals surface area (Å²) in [5, 5.41) is 5.67. The van der Waals surface area contributed by atoms with Crippen molar-refractivity contribution in [1.82, 2.24) is 19.7 Å². The summed E-state index contributed by atoms with van der Waals surface area (Å²) in [4.78, 5) is 19.3. The molecule has 33 heavy (non-hydrogen) atoms. The summed E-state index contributed by atoms with van der Waals surface area (Å²) in [5.41, 5.74) is 8.19. The first-order valence-corrected chi connectivity index (χ1v) is 10.2. The number of ether oxygens (including phenoxy) is 1. The van der Waals surface area contributed by atoms with Gasteiger partial charge in [-0.3, -0.25) is 9.48 Å². The van der Waals surface area contributed by atoms with E-state index in [1.54, 1.807) is 43.2 Å². The Morgan fingerprint density at radius 1 is 1.21 bits per heavy atom. The van der Waals surface area contributed by atoms with E-state index in [1.807, 2.05) is 0 Å². The van der Waals surface area contributed by atoms with Crippen molar-refractivity contribution in [3.05, 3.63) is 64.8 Å². The summed E-state index contributed by atoms with van der Waals surface area (Å²) in [6.45, 7) is 0.261. The van der Waals surface area contributed by atoms with Crippen LogP contribution in [0.5, 0.6) is 0 Å². The van der Waals surface area contributed by atoms with Crippen LogP contribution >= 0.6 is 0 Å². The third-order valence-electron chi connectivity index (χ3n) is 6.10. The van der Waals surface area contributed by atoms with Crippen molar-refractivity contribution in [2.24, 2.45) is 7.05 Å². The first-order valence-electron chi connectivity index (χ1n) is 10.2. The van der Waals surface area contributed by atoms with E-state index in [1.165, 1.54) is 11.0 Å². The average molecular weight is 455 g/mol. The lowest BCUT2D eigenvalue weighted by molar-refractivity contribution is -0.137. The number of anilines is 1. The number of amides is 1. The minimum Gasteiger partial charge on any atom is -0.383 e. The molecule has 0 saturated carbocycles. The number of rotatable bonds is 2. The summed E-state index contributed by atoms with van der Waals surface area (Å²) in [7, 11) is 3.40. The monoisotopic (exact) mass is 455 g/mol. The van der Waals surface area contributed by atoms with Gasteiger partial charge in [0.1, 0.15) is 5.82 Å². The maximum absolute atomic E-state index is 13.4. The molecule has 2 aromatic heterocycles. The van der Waals surface area contributed by atoms with Crippen molar-refractivity contribution >= 4 is 33.5 Å². The fourth-order valence-corrected chi connectivity index (χ4v) is 4.36. The van der Waals surface area contributed by atoms with Crippen LogP contribution in [0.3, 0.4) is 0 Å². The van der Waals surface area contributed by atoms with E-state index < -0.39 is 17.8 Å². The zero-order valence-corrected chi connectivity index (χ0v) is 17.8. The van der Waals surface area contributed by atoms with E-state index >= 15 is 0 Å². The van der Waals surface area contributed by atoms with E-state index in [-0.39, 0.29) is 19.1 Å². The second-order valence-corrected chi connectivity index (χ2v) is 8.12. The fraction of sp³-hybridized carbons (Fsp3) is 0.261. The summed E-state index contributed by atoms with van der Waals surface area (Å²) >= 11 is 0. The lowest BCUT2D eigenvalue weighted by Gasteiger charge is -2.33. The van der Waals surface area contributed by atoms with Gasteiger partial charge in [-0.2, -0.15) is 18.3 Å². The Balaban J connectivity index is 1.52. The van der Waals surface area contributed by atoms with Crippen molar-refractivity contribution in [2.45, 2.75) is 18.8 Å². The number of nitrogen functional groups attached to an aromatic ring is 1. The zero-order chi connectivity index (χ0) is 23.5. The van der Waals surface area contributed by atoms with Crippen LogP contribution in [0, 0.1) is 0 Å². The van der Waals surface area contributed by atoms with E-state index in [0.29, 0.717) is 33.4 Å². The van der Waals surface area contributed by atoms with Crippen molar-refractivity contribution in [1.29, 1.82) is 0 Å². The van der Waals surface area contributed by atoms with Crippen LogP contribution in [0.4, 0.5) is 19.0 Å². The molecule has 0 aliphatic carbocycles. The lowest BCUT2D eigenvalue weighted by atomic mass is 9.95. The van der Waals surface area contributed by atoms with Gasteiger partial charge in [0.05, 0.1) is 47.4 Å². The van der Waals surface area contributed by atoms with E-state index in [0.717, 1.165) is 23.0 Å². The number of nitrogens with zero attached hydrogens (tertiary/aromatic N) is 4. The molecule has 1 aliphatic rings. The van der Waals surface area contributed by atoms with Gasteiger partial charge in [-0.15, -0.1) is 0 Å². The van der Waals surface area contributed by atoms with Gasteiger partial charge >= 0.3 is 6.18 Å². The average Bonchev–Trinajstić information content (AvgIpc) is 3.19. The highest BCUT2D eigenvalue weighted by Gasteiger charge is 2.34. The topological polar surface area (TPSA) is 86.3 Å². The van der Waals surface area contributed by atoms with E-state index in [2.05, 4.69) is 10.1 Å². The predicted octanol–water partition coefficient (Wildman–Crippen LogP) is 4.07. The molecule has 0 unspecified atom stereocenters. The SMILES string of the molecule is CN(C(=O)c1ccc2nc(N)c3cnn(C)c3c2c1)[C@@H]1COCc2cc(C(F)(F)F)ccc21. The Bertz CT molecular complexity index is 1410. The maximum atomic E-state index is 13.4. The fourth-order valence-electron chi connectivity index (χ4n) is 4.36. The van der Waals surface area contributed by atoms with E-state index in [9.17, 15) is 18.0 Å². The van der Waals surface area contributed by atoms with Gasteiger partial charge < -0.3 is 15.4 Å². The highest BCUT2D eigenvalue weighted by Crippen LogP contribution is 2.36. The minimum absolute atomic E-state index is 0.0688. The highest BCUT2D eigenvalue weighted by molar-refractivity contribution is 6.10. The number of hydrogen-bond donors (Lipinski definition) is 1. The number of fused-ring (bicyclic) bond motifs is 4. The Morgan fingerprint density at radius 2 is 2.00 bits per heavy atom. The molecule has 0 spiro atoms. The molecule has 0 fully saturated rings. The second kappa shape index (κ2) is 7.45. The maximum Gasteiger partial charge on any atom is 0.416 e. The molecule has 0 bridgehead atoms. The third-order valence-corrected chi connectivity index (χ3v) is 6.10. The van der Waals surface area contributed by atoms with Crippen LogP contribution in [-0.4, -0.2) is 39.2 Å². The van der Waals surface area contributed by atoms with Gasteiger partial charge in [-0.1, -0.05) is 6.07 Å². The Morgan fingerprint density at radius 3 is 2.76 bits per heavy atom. The van der Waals surface area contributed by atoms with Crippen molar-refractivity contribution < 1.29 is 22.7 Å². The van der Waals surface area contributed by atoms with Crippen LogP contribution in [-0.2, 0) is 24.6 Å². The van der Waals surface area contributed by atoms with E-state index in [4.69, 9.17) is 10.5 Å². The van der Waals surface area contributed by atoms with Gasteiger partial charge in [-0.05, 0) is 41.5 Å².